The molecule has 0 heterocycles. The number of amides is 1. The molecule has 3 aromatic rings. The molecule has 3 aromatic carbocycles. The number of carbonyl (C=O) groups excluding carboxylic acids is 1. The van der Waals surface area contributed by atoms with Crippen LogP contribution in [-0.4, -0.2) is 39.9 Å². The Bertz CT molecular complexity index is 1230. The van der Waals surface area contributed by atoms with Crippen LogP contribution in [0, 0.1) is 0 Å². The number of hydrogen-bond acceptors (Lipinski definition) is 5. The van der Waals surface area contributed by atoms with Crippen LogP contribution in [0.5, 0.6) is 11.5 Å². The summed E-state index contributed by atoms with van der Waals surface area (Å²) in [5.41, 5.74) is 1.71. The molecule has 0 saturated heterocycles. The Balaban J connectivity index is 1.77. The Hall–Kier alpha value is -3.07. The Morgan fingerprint density at radius 2 is 1.64 bits per heavy atom. The number of sulfonamides is 1. The van der Waals surface area contributed by atoms with Crippen LogP contribution >= 0.6 is 11.6 Å². The van der Waals surface area contributed by atoms with Crippen LogP contribution in [0.2, 0.25) is 5.02 Å². The Morgan fingerprint density at radius 1 is 0.939 bits per heavy atom. The number of halogens is 1. The lowest BCUT2D eigenvalue weighted by atomic mass is 10.1. The standard InChI is InChI=1S/C24H25ClN2O5S/c1-27(16-17-7-5-4-6-8-17)33(29,30)19-10-11-21(25)20(14-19)24(28)26-15-18-9-12-22(31-2)23(13-18)32-3/h4-14H,15-16H2,1-3H3,(H,26,28). The monoisotopic (exact) mass is 488 g/mol. The fourth-order valence-electron chi connectivity index (χ4n) is 3.21. The topological polar surface area (TPSA) is 84.9 Å². The molecule has 0 aromatic heterocycles. The zero-order valence-electron chi connectivity index (χ0n) is 18.5. The molecule has 174 valence electrons. The van der Waals surface area contributed by atoms with Crippen LogP contribution in [0.4, 0.5) is 0 Å². The second kappa shape index (κ2) is 10.7. The number of hydrogen-bond donors (Lipinski definition) is 1. The summed E-state index contributed by atoms with van der Waals surface area (Å²) in [4.78, 5) is 12.8. The van der Waals surface area contributed by atoms with E-state index in [0.29, 0.717) is 11.5 Å². The highest BCUT2D eigenvalue weighted by Gasteiger charge is 2.23. The Morgan fingerprint density at radius 3 is 2.30 bits per heavy atom. The van der Waals surface area contributed by atoms with Crippen LogP contribution in [-0.2, 0) is 23.1 Å². The summed E-state index contributed by atoms with van der Waals surface area (Å²) in [5.74, 6) is 0.627. The third-order valence-corrected chi connectivity index (χ3v) is 7.17. The second-order valence-corrected chi connectivity index (χ2v) is 9.71. The van der Waals surface area contributed by atoms with Gasteiger partial charge in [-0.3, -0.25) is 4.79 Å². The molecule has 0 radical (unpaired) electrons. The van der Waals surface area contributed by atoms with Gasteiger partial charge in [0, 0.05) is 20.1 Å². The van der Waals surface area contributed by atoms with Gasteiger partial charge in [-0.15, -0.1) is 0 Å². The van der Waals surface area contributed by atoms with Crippen molar-refractivity contribution < 1.29 is 22.7 Å². The summed E-state index contributed by atoms with van der Waals surface area (Å²) < 4.78 is 37.8. The van der Waals surface area contributed by atoms with E-state index in [1.165, 1.54) is 36.7 Å². The fraction of sp³-hybridized carbons (Fsp3) is 0.208. The molecular formula is C24H25ClN2O5S. The van der Waals surface area contributed by atoms with Crippen molar-refractivity contribution in [3.05, 3.63) is 88.4 Å². The summed E-state index contributed by atoms with van der Waals surface area (Å²) in [6.45, 7) is 0.396. The molecule has 1 amide bonds. The molecule has 0 aliphatic carbocycles. The minimum atomic E-state index is -3.83. The first kappa shape index (κ1) is 24.6. The van der Waals surface area contributed by atoms with Crippen molar-refractivity contribution in [2.45, 2.75) is 18.0 Å². The van der Waals surface area contributed by atoms with Gasteiger partial charge < -0.3 is 14.8 Å². The molecular weight excluding hydrogens is 464 g/mol. The molecule has 33 heavy (non-hydrogen) atoms. The quantitative estimate of drug-likeness (QED) is 0.490. The number of ether oxygens (including phenoxy) is 2. The number of benzene rings is 3. The third-order valence-electron chi connectivity index (χ3n) is 5.04. The molecule has 1 N–H and O–H groups in total. The van der Waals surface area contributed by atoms with E-state index >= 15 is 0 Å². The van der Waals surface area contributed by atoms with Gasteiger partial charge in [-0.2, -0.15) is 4.31 Å². The average Bonchev–Trinajstić information content (AvgIpc) is 2.83. The lowest BCUT2D eigenvalue weighted by molar-refractivity contribution is 0.0951. The number of nitrogens with zero attached hydrogens (tertiary/aromatic N) is 1. The van der Waals surface area contributed by atoms with E-state index < -0.39 is 15.9 Å². The molecule has 0 bridgehead atoms. The molecule has 9 heteroatoms. The van der Waals surface area contributed by atoms with Crippen molar-refractivity contribution in [2.75, 3.05) is 21.3 Å². The molecule has 0 atom stereocenters. The van der Waals surface area contributed by atoms with Gasteiger partial charge in [-0.25, -0.2) is 8.42 Å². The van der Waals surface area contributed by atoms with Crippen LogP contribution in [0.1, 0.15) is 21.5 Å². The fourth-order valence-corrected chi connectivity index (χ4v) is 4.60. The van der Waals surface area contributed by atoms with Crippen molar-refractivity contribution in [1.29, 1.82) is 0 Å². The molecule has 3 rings (SSSR count). The first-order chi connectivity index (χ1) is 15.8. The minimum Gasteiger partial charge on any atom is -0.493 e. The van der Waals surface area contributed by atoms with Gasteiger partial charge in [-0.05, 0) is 41.5 Å². The van der Waals surface area contributed by atoms with Gasteiger partial charge in [0.05, 0.1) is 29.7 Å². The van der Waals surface area contributed by atoms with E-state index in [0.717, 1.165) is 11.1 Å². The van der Waals surface area contributed by atoms with Gasteiger partial charge >= 0.3 is 0 Å². The third kappa shape index (κ3) is 5.84. The molecule has 0 saturated carbocycles. The first-order valence-electron chi connectivity index (χ1n) is 10.0. The molecule has 0 spiro atoms. The number of carbonyl (C=O) groups is 1. The van der Waals surface area contributed by atoms with Crippen LogP contribution in [0.3, 0.4) is 0 Å². The molecule has 0 unspecified atom stereocenters. The van der Waals surface area contributed by atoms with E-state index in [1.807, 2.05) is 30.3 Å². The van der Waals surface area contributed by atoms with Gasteiger partial charge in [-0.1, -0.05) is 48.0 Å². The summed E-state index contributed by atoms with van der Waals surface area (Å²) in [5, 5.41) is 2.92. The smallest absolute Gasteiger partial charge is 0.253 e. The molecule has 0 aliphatic rings. The van der Waals surface area contributed by atoms with Gasteiger partial charge in [0.2, 0.25) is 10.0 Å². The van der Waals surface area contributed by atoms with Gasteiger partial charge in [0.15, 0.2) is 11.5 Å². The van der Waals surface area contributed by atoms with Crippen molar-refractivity contribution in [2.24, 2.45) is 0 Å². The second-order valence-electron chi connectivity index (χ2n) is 7.26. The minimum absolute atomic E-state index is 0.0124. The van der Waals surface area contributed by atoms with E-state index in [2.05, 4.69) is 5.32 Å². The maximum atomic E-state index is 13.1. The largest absolute Gasteiger partial charge is 0.493 e. The number of nitrogens with one attached hydrogen (secondary N) is 1. The van der Waals surface area contributed by atoms with Crippen LogP contribution < -0.4 is 14.8 Å². The summed E-state index contributed by atoms with van der Waals surface area (Å²) in [6.07, 6.45) is 0. The molecule has 0 aliphatic heterocycles. The highest BCUT2D eigenvalue weighted by atomic mass is 35.5. The SMILES string of the molecule is COc1ccc(CNC(=O)c2cc(S(=O)(=O)N(C)Cc3ccccc3)ccc2Cl)cc1OC. The zero-order chi connectivity index (χ0) is 24.0. The highest BCUT2D eigenvalue weighted by molar-refractivity contribution is 7.89. The van der Waals surface area contributed by atoms with Crippen LogP contribution in [0.15, 0.2) is 71.6 Å². The predicted octanol–water partition coefficient (Wildman–Crippen LogP) is 4.11. The van der Waals surface area contributed by atoms with E-state index in [4.69, 9.17) is 21.1 Å². The maximum Gasteiger partial charge on any atom is 0.253 e. The molecule has 7 nitrogen and oxygen atoms in total. The zero-order valence-corrected chi connectivity index (χ0v) is 20.1. The van der Waals surface area contributed by atoms with E-state index in [9.17, 15) is 13.2 Å². The van der Waals surface area contributed by atoms with Crippen molar-refractivity contribution >= 4 is 27.5 Å². The van der Waals surface area contributed by atoms with Crippen molar-refractivity contribution in [3.63, 3.8) is 0 Å². The Kier molecular flexibility index (Phi) is 7.97. The van der Waals surface area contributed by atoms with E-state index in [1.54, 1.807) is 25.3 Å². The van der Waals surface area contributed by atoms with Crippen molar-refractivity contribution in [1.82, 2.24) is 9.62 Å². The molecule has 0 fully saturated rings. The maximum absolute atomic E-state index is 13.1. The predicted molar refractivity (Wildman–Crippen MR) is 127 cm³/mol. The van der Waals surface area contributed by atoms with Crippen molar-refractivity contribution in [3.8, 4) is 11.5 Å². The highest BCUT2D eigenvalue weighted by Crippen LogP contribution is 2.28. The summed E-state index contributed by atoms with van der Waals surface area (Å²) in [6, 6.07) is 18.6. The summed E-state index contributed by atoms with van der Waals surface area (Å²) >= 11 is 6.21. The normalized spacial score (nSPS) is 11.3. The number of methoxy groups -OCH3 is 2. The number of rotatable bonds is 9. The van der Waals surface area contributed by atoms with Crippen LogP contribution in [0.25, 0.3) is 0 Å². The average molecular weight is 489 g/mol. The first-order valence-corrected chi connectivity index (χ1v) is 11.9. The van der Waals surface area contributed by atoms with E-state index in [-0.39, 0.29) is 28.6 Å². The van der Waals surface area contributed by atoms with Gasteiger partial charge in [0.1, 0.15) is 0 Å². The summed E-state index contributed by atoms with van der Waals surface area (Å²) in [7, 11) is 0.734. The lowest BCUT2D eigenvalue weighted by Crippen LogP contribution is -2.27. The lowest BCUT2D eigenvalue weighted by Gasteiger charge is -2.18. The Labute approximate surface area is 198 Å². The van der Waals surface area contributed by atoms with Gasteiger partial charge in [0.25, 0.3) is 5.91 Å².